The molecule has 30 heavy (non-hydrogen) atoms. The van der Waals surface area contributed by atoms with Crippen LogP contribution in [-0.2, 0) is 22.3 Å². The van der Waals surface area contributed by atoms with Crippen molar-refractivity contribution >= 4 is 21.5 Å². The van der Waals surface area contributed by atoms with Crippen LogP contribution in [0.3, 0.4) is 0 Å². The highest BCUT2D eigenvalue weighted by Crippen LogP contribution is 2.33. The molecule has 3 nitrogen and oxygen atoms in total. The van der Waals surface area contributed by atoms with Gasteiger partial charge in [-0.1, -0.05) is 54.6 Å². The maximum atomic E-state index is 8.85. The molecule has 1 N–H and O–H groups in total. The van der Waals surface area contributed by atoms with Gasteiger partial charge in [-0.25, -0.2) is 0 Å². The van der Waals surface area contributed by atoms with Crippen molar-refractivity contribution in [3.63, 3.8) is 0 Å². The zero-order valence-corrected chi connectivity index (χ0v) is 17.4. The number of hydrogen-bond donors (Lipinski definition) is 1. The molecule has 0 fully saturated rings. The molecule has 1 aliphatic carbocycles. The Morgan fingerprint density at radius 2 is 1.83 bits per heavy atom. The number of aliphatic hydroxyl groups is 1. The summed E-state index contributed by atoms with van der Waals surface area (Å²) in [6, 6.07) is 17.7. The highest BCUT2D eigenvalue weighted by molar-refractivity contribution is 6.08. The predicted molar refractivity (Wildman–Crippen MR) is 124 cm³/mol. The Balaban J connectivity index is 0.000000313. The van der Waals surface area contributed by atoms with Gasteiger partial charge in [0.1, 0.15) is 6.61 Å². The van der Waals surface area contributed by atoms with Gasteiger partial charge in [0.05, 0.1) is 12.4 Å². The van der Waals surface area contributed by atoms with Crippen molar-refractivity contribution in [3.8, 4) is 0 Å². The lowest BCUT2D eigenvalue weighted by molar-refractivity contribution is 0.0402. The van der Waals surface area contributed by atoms with Crippen LogP contribution in [0.5, 0.6) is 0 Å². The third-order valence-corrected chi connectivity index (χ3v) is 5.82. The Bertz CT molecular complexity index is 1020. The van der Waals surface area contributed by atoms with E-state index in [4.69, 9.17) is 14.6 Å². The van der Waals surface area contributed by atoms with E-state index >= 15 is 0 Å². The minimum absolute atomic E-state index is 0.261. The molecule has 0 saturated carbocycles. The van der Waals surface area contributed by atoms with Gasteiger partial charge in [-0.3, -0.25) is 0 Å². The van der Waals surface area contributed by atoms with Crippen LogP contribution >= 0.6 is 0 Å². The number of hydrogen-bond acceptors (Lipinski definition) is 3. The number of fused-ring (bicyclic) bond motifs is 5. The highest BCUT2D eigenvalue weighted by atomic mass is 16.5. The van der Waals surface area contributed by atoms with Crippen LogP contribution in [0.1, 0.15) is 30.4 Å². The maximum Gasteiger partial charge on any atom is 0.106 e. The van der Waals surface area contributed by atoms with Crippen molar-refractivity contribution in [1.29, 1.82) is 0 Å². The molecule has 1 aliphatic heterocycles. The summed E-state index contributed by atoms with van der Waals surface area (Å²) in [5.74, 6) is 0. The van der Waals surface area contributed by atoms with Crippen molar-refractivity contribution in [2.24, 2.45) is 0 Å². The molecular formula is C27H30O3. The van der Waals surface area contributed by atoms with Gasteiger partial charge in [0.15, 0.2) is 0 Å². The van der Waals surface area contributed by atoms with Gasteiger partial charge in [-0.15, -0.1) is 0 Å². The summed E-state index contributed by atoms with van der Waals surface area (Å²) >= 11 is 0. The molecule has 1 atom stereocenters. The van der Waals surface area contributed by atoms with Gasteiger partial charge in [0, 0.05) is 13.2 Å². The van der Waals surface area contributed by atoms with Crippen LogP contribution in [0.15, 0.2) is 73.0 Å². The molecule has 1 unspecified atom stereocenters. The zero-order chi connectivity index (χ0) is 20.6. The van der Waals surface area contributed by atoms with Crippen molar-refractivity contribution in [3.05, 3.63) is 84.1 Å². The van der Waals surface area contributed by atoms with E-state index < -0.39 is 0 Å². The van der Waals surface area contributed by atoms with E-state index in [1.165, 1.54) is 32.7 Å². The number of aliphatic hydroxyl groups excluding tert-OH is 1. The van der Waals surface area contributed by atoms with Crippen LogP contribution in [0.2, 0.25) is 0 Å². The van der Waals surface area contributed by atoms with E-state index in [0.29, 0.717) is 6.10 Å². The van der Waals surface area contributed by atoms with Crippen LogP contribution in [-0.4, -0.2) is 31.0 Å². The smallest absolute Gasteiger partial charge is 0.106 e. The molecule has 0 saturated heterocycles. The van der Waals surface area contributed by atoms with Crippen LogP contribution in [0.4, 0.5) is 0 Å². The molecule has 3 aromatic rings. The lowest BCUT2D eigenvalue weighted by Gasteiger charge is -2.26. The molecular weight excluding hydrogens is 372 g/mol. The molecule has 0 spiro atoms. The van der Waals surface area contributed by atoms with Gasteiger partial charge in [0.25, 0.3) is 0 Å². The second-order valence-corrected chi connectivity index (χ2v) is 7.84. The quantitative estimate of drug-likeness (QED) is 0.438. The van der Waals surface area contributed by atoms with E-state index in [-0.39, 0.29) is 6.61 Å². The van der Waals surface area contributed by atoms with E-state index in [9.17, 15) is 0 Å². The topological polar surface area (TPSA) is 38.7 Å². The minimum atomic E-state index is 0.261. The second kappa shape index (κ2) is 10.4. The first-order valence-corrected chi connectivity index (χ1v) is 10.9. The summed E-state index contributed by atoms with van der Waals surface area (Å²) in [5, 5.41) is 14.3. The SMILES string of the molecule is C1=CCOC=C1.OCCCCOC1CCc2c(ccc3c2ccc2ccccc23)C1. The summed E-state index contributed by atoms with van der Waals surface area (Å²) in [6.07, 6.45) is 12.8. The van der Waals surface area contributed by atoms with Gasteiger partial charge >= 0.3 is 0 Å². The summed E-state index contributed by atoms with van der Waals surface area (Å²) in [6.45, 7) is 1.76. The molecule has 3 heteroatoms. The van der Waals surface area contributed by atoms with Crippen LogP contribution in [0.25, 0.3) is 21.5 Å². The van der Waals surface area contributed by atoms with Gasteiger partial charge in [-0.2, -0.15) is 0 Å². The fraction of sp³-hybridized carbons (Fsp3) is 0.333. The van der Waals surface area contributed by atoms with E-state index in [0.717, 1.165) is 45.3 Å². The molecule has 1 heterocycles. The Hall–Kier alpha value is -2.62. The maximum absolute atomic E-state index is 8.85. The van der Waals surface area contributed by atoms with Crippen molar-refractivity contribution in [1.82, 2.24) is 0 Å². The summed E-state index contributed by atoms with van der Waals surface area (Å²) < 4.78 is 10.8. The molecule has 0 bridgehead atoms. The molecule has 5 rings (SSSR count). The number of rotatable bonds is 5. The third-order valence-electron chi connectivity index (χ3n) is 5.82. The molecule has 0 amide bonds. The van der Waals surface area contributed by atoms with Crippen molar-refractivity contribution < 1.29 is 14.6 Å². The fourth-order valence-electron chi connectivity index (χ4n) is 4.29. The normalized spacial score (nSPS) is 17.3. The monoisotopic (exact) mass is 402 g/mol. The summed E-state index contributed by atoms with van der Waals surface area (Å²) in [7, 11) is 0. The van der Waals surface area contributed by atoms with E-state index in [1.807, 2.05) is 18.2 Å². The number of ether oxygens (including phenoxy) is 2. The van der Waals surface area contributed by atoms with Crippen LogP contribution in [0, 0.1) is 0 Å². The van der Waals surface area contributed by atoms with Crippen molar-refractivity contribution in [2.75, 3.05) is 19.8 Å². The predicted octanol–water partition coefficient (Wildman–Crippen LogP) is 5.73. The number of aryl methyl sites for hydroxylation is 1. The van der Waals surface area contributed by atoms with Crippen molar-refractivity contribution in [2.45, 2.75) is 38.2 Å². The largest absolute Gasteiger partial charge is 0.497 e. The molecule has 0 aromatic heterocycles. The highest BCUT2D eigenvalue weighted by Gasteiger charge is 2.21. The Kier molecular flexibility index (Phi) is 7.17. The molecule has 156 valence electrons. The third kappa shape index (κ3) is 4.92. The number of unbranched alkanes of at least 4 members (excludes halogenated alkanes) is 1. The summed E-state index contributed by atoms with van der Waals surface area (Å²) in [4.78, 5) is 0. The molecule has 3 aromatic carbocycles. The first-order chi connectivity index (χ1) is 14.9. The average molecular weight is 403 g/mol. The summed E-state index contributed by atoms with van der Waals surface area (Å²) in [5.41, 5.74) is 2.95. The van der Waals surface area contributed by atoms with E-state index in [1.54, 1.807) is 6.26 Å². The standard InChI is InChI=1S/C22H24O2.C5H6O/c23-13-3-4-14-24-18-9-12-20-17(15-18)8-11-21-19-6-2-1-5-16(19)7-10-22(20)21;1-2-4-6-5-3-1/h1-2,5-8,10-11,18,23H,3-4,9,12-15H2;1-4H,5H2. The lowest BCUT2D eigenvalue weighted by atomic mass is 9.85. The zero-order valence-electron chi connectivity index (χ0n) is 17.4. The first-order valence-electron chi connectivity index (χ1n) is 10.9. The minimum Gasteiger partial charge on any atom is -0.497 e. The lowest BCUT2D eigenvalue weighted by Crippen LogP contribution is -2.23. The number of benzene rings is 3. The van der Waals surface area contributed by atoms with Gasteiger partial charge in [-0.05, 0) is 76.9 Å². The molecule has 0 radical (unpaired) electrons. The second-order valence-electron chi connectivity index (χ2n) is 7.84. The Morgan fingerprint density at radius 1 is 0.933 bits per heavy atom. The fourth-order valence-corrected chi connectivity index (χ4v) is 4.29. The van der Waals surface area contributed by atoms with Crippen LogP contribution < -0.4 is 0 Å². The number of allylic oxidation sites excluding steroid dienone is 2. The van der Waals surface area contributed by atoms with Gasteiger partial charge < -0.3 is 14.6 Å². The first kappa shape index (κ1) is 20.6. The Morgan fingerprint density at radius 3 is 2.60 bits per heavy atom. The van der Waals surface area contributed by atoms with E-state index in [2.05, 4.69) is 48.5 Å². The Labute approximate surface area is 178 Å². The molecule has 2 aliphatic rings. The average Bonchev–Trinajstić information content (AvgIpc) is 2.83. The van der Waals surface area contributed by atoms with Gasteiger partial charge in [0.2, 0.25) is 0 Å².